The number of benzene rings is 3. The number of halogens is 1. The van der Waals surface area contributed by atoms with E-state index in [0.29, 0.717) is 12.5 Å². The van der Waals surface area contributed by atoms with Gasteiger partial charge < -0.3 is 20.8 Å². The number of nitrogens with zero attached hydrogens (tertiary/aromatic N) is 1. The molecular formula is C38H47FN4O. The molecule has 5 nitrogen and oxygen atoms in total. The largest absolute Gasteiger partial charge is 0.400 e. The Morgan fingerprint density at radius 2 is 1.64 bits per heavy atom. The summed E-state index contributed by atoms with van der Waals surface area (Å²) in [5.41, 5.74) is 18.3. The smallest absolute Gasteiger partial charge is 0.123 e. The molecule has 3 aromatic carbocycles. The Labute approximate surface area is 263 Å². The molecule has 0 heterocycles. The van der Waals surface area contributed by atoms with E-state index < -0.39 is 0 Å². The summed E-state index contributed by atoms with van der Waals surface area (Å²) in [5, 5.41) is 3.39. The van der Waals surface area contributed by atoms with Crippen molar-refractivity contribution in [2.45, 2.75) is 58.4 Å². The lowest BCUT2D eigenvalue weighted by Gasteiger charge is -2.29. The van der Waals surface area contributed by atoms with Crippen LogP contribution in [-0.2, 0) is 11.3 Å². The Morgan fingerprint density at radius 1 is 0.977 bits per heavy atom. The molecular weight excluding hydrogens is 547 g/mol. The van der Waals surface area contributed by atoms with Crippen LogP contribution in [0.4, 0.5) is 10.1 Å². The van der Waals surface area contributed by atoms with Crippen LogP contribution >= 0.6 is 0 Å². The van der Waals surface area contributed by atoms with E-state index in [4.69, 9.17) is 10.6 Å². The predicted molar refractivity (Wildman–Crippen MR) is 183 cm³/mol. The van der Waals surface area contributed by atoms with E-state index in [1.807, 2.05) is 31.3 Å². The van der Waals surface area contributed by atoms with Crippen molar-refractivity contribution in [1.82, 2.24) is 10.8 Å². The highest BCUT2D eigenvalue weighted by Gasteiger charge is 2.47. The fourth-order valence-electron chi connectivity index (χ4n) is 4.98. The average Bonchev–Trinajstić information content (AvgIpc) is 3.83. The predicted octanol–water partition coefficient (Wildman–Crippen LogP) is 8.34. The third-order valence-corrected chi connectivity index (χ3v) is 8.07. The third kappa shape index (κ3) is 8.71. The normalized spacial score (nSPS) is 15.2. The van der Waals surface area contributed by atoms with Gasteiger partial charge in [-0.15, -0.1) is 0 Å². The van der Waals surface area contributed by atoms with Crippen molar-refractivity contribution in [2.75, 3.05) is 18.6 Å². The van der Waals surface area contributed by atoms with Gasteiger partial charge in [-0.2, -0.15) is 5.48 Å². The topological polar surface area (TPSA) is 62.5 Å². The van der Waals surface area contributed by atoms with Gasteiger partial charge in [-0.05, 0) is 90.6 Å². The number of hydrogen-bond donors (Lipinski definition) is 3. The molecule has 2 aliphatic carbocycles. The van der Waals surface area contributed by atoms with E-state index in [9.17, 15) is 4.39 Å². The number of aryl methyl sites for hydroxylation is 1. The van der Waals surface area contributed by atoms with Crippen molar-refractivity contribution in [3.63, 3.8) is 0 Å². The van der Waals surface area contributed by atoms with Gasteiger partial charge in [0.25, 0.3) is 0 Å². The molecule has 1 saturated carbocycles. The van der Waals surface area contributed by atoms with Crippen LogP contribution < -0.4 is 21.4 Å². The first kappa shape index (κ1) is 32.8. The van der Waals surface area contributed by atoms with Gasteiger partial charge in [0.2, 0.25) is 0 Å². The van der Waals surface area contributed by atoms with Crippen LogP contribution in [0.1, 0.15) is 63.1 Å². The molecule has 4 N–H and O–H groups in total. The molecule has 5 rings (SSSR count). The molecule has 0 unspecified atom stereocenters. The van der Waals surface area contributed by atoms with Crippen molar-refractivity contribution < 1.29 is 9.23 Å². The quantitative estimate of drug-likeness (QED) is 0.184. The van der Waals surface area contributed by atoms with E-state index in [1.54, 1.807) is 12.1 Å². The summed E-state index contributed by atoms with van der Waals surface area (Å²) in [6.45, 7) is 15.7. The maximum Gasteiger partial charge on any atom is 0.123 e. The Bertz CT molecular complexity index is 1470. The third-order valence-electron chi connectivity index (χ3n) is 8.07. The van der Waals surface area contributed by atoms with Crippen molar-refractivity contribution in [3.05, 3.63) is 138 Å². The van der Waals surface area contributed by atoms with Crippen LogP contribution in [0.3, 0.4) is 0 Å². The van der Waals surface area contributed by atoms with Gasteiger partial charge in [-0.25, -0.2) is 4.39 Å². The second kappa shape index (κ2) is 15.0. The molecule has 0 aliphatic heterocycles. The summed E-state index contributed by atoms with van der Waals surface area (Å²) in [6.07, 6.45) is 6.75. The molecule has 0 amide bonds. The first-order valence-corrected chi connectivity index (χ1v) is 15.5. The highest BCUT2D eigenvalue weighted by Crippen LogP contribution is 2.43. The number of allylic oxidation sites excluding steroid dienone is 3. The van der Waals surface area contributed by atoms with Crippen molar-refractivity contribution in [3.8, 4) is 0 Å². The number of hydrogen-bond acceptors (Lipinski definition) is 5. The first-order valence-electron chi connectivity index (χ1n) is 15.5. The lowest BCUT2D eigenvalue weighted by atomic mass is 9.94. The zero-order valence-electron chi connectivity index (χ0n) is 26.6. The van der Waals surface area contributed by atoms with Crippen LogP contribution in [0, 0.1) is 11.7 Å². The molecule has 6 heteroatoms. The van der Waals surface area contributed by atoms with Gasteiger partial charge in [0.1, 0.15) is 5.82 Å². The molecule has 0 aromatic heterocycles. The number of likely N-dealkylation sites (N-methyl/N-ethyl adjacent to an activating group) is 1. The molecule has 44 heavy (non-hydrogen) atoms. The van der Waals surface area contributed by atoms with Gasteiger partial charge in [-0.1, -0.05) is 88.5 Å². The van der Waals surface area contributed by atoms with Crippen LogP contribution in [0.25, 0.3) is 11.3 Å². The van der Waals surface area contributed by atoms with E-state index in [2.05, 4.69) is 86.0 Å². The standard InChI is InChI=1S/C30H37FN4O.C8H10/c1-20(2)19-36-34-30(16-17-30)22(4)35(5)27-13-8-23(9-14-27)21(3)33-29-18-25(10-15-28(29)32)24-6-11-26(31)12-7-24;1-2-8-6-4-3-5-7-8/h6-9,11-14,18,20,33-34H,3-4,10,15-17,19,32H2,1-2,5H3;3-7H,2H2,1H3. The zero-order valence-corrected chi connectivity index (χ0v) is 26.6. The van der Waals surface area contributed by atoms with Gasteiger partial charge in [-0.3, -0.25) is 0 Å². The lowest BCUT2D eigenvalue weighted by molar-refractivity contribution is 0.00159. The second-order valence-electron chi connectivity index (χ2n) is 12.0. The van der Waals surface area contributed by atoms with Gasteiger partial charge in [0.15, 0.2) is 0 Å². The molecule has 1 fully saturated rings. The number of rotatable bonds is 12. The SMILES string of the molecule is C=C(NC1=C(N)CCC(c2ccc(F)cc2)=C1)c1ccc(N(C)C(=C)C2(NOCC(C)C)CC2)cc1.CCc1ccccc1. The van der Waals surface area contributed by atoms with Crippen molar-refractivity contribution in [2.24, 2.45) is 11.7 Å². The summed E-state index contributed by atoms with van der Waals surface area (Å²) in [6, 6.07) is 25.2. The highest BCUT2D eigenvalue weighted by atomic mass is 19.1. The molecule has 0 radical (unpaired) electrons. The molecule has 3 aromatic rings. The van der Waals surface area contributed by atoms with Crippen LogP contribution in [0.2, 0.25) is 0 Å². The average molecular weight is 595 g/mol. The Hall–Kier alpha value is -4.13. The van der Waals surface area contributed by atoms with Gasteiger partial charge in [0.05, 0.1) is 17.8 Å². The first-order chi connectivity index (χ1) is 21.1. The maximum atomic E-state index is 13.3. The van der Waals surface area contributed by atoms with E-state index in [1.165, 1.54) is 17.7 Å². The van der Waals surface area contributed by atoms with E-state index in [0.717, 1.165) is 77.3 Å². The van der Waals surface area contributed by atoms with Crippen LogP contribution in [-0.4, -0.2) is 19.2 Å². The van der Waals surface area contributed by atoms with Gasteiger partial charge in [0, 0.05) is 29.8 Å². The summed E-state index contributed by atoms with van der Waals surface area (Å²) >= 11 is 0. The Morgan fingerprint density at radius 3 is 2.20 bits per heavy atom. The Balaban J connectivity index is 0.000000479. The molecule has 0 saturated heterocycles. The molecule has 0 spiro atoms. The number of nitrogens with one attached hydrogen (secondary N) is 2. The monoisotopic (exact) mass is 594 g/mol. The van der Waals surface area contributed by atoms with E-state index in [-0.39, 0.29) is 11.4 Å². The second-order valence-corrected chi connectivity index (χ2v) is 12.0. The summed E-state index contributed by atoms with van der Waals surface area (Å²) < 4.78 is 13.3. The minimum absolute atomic E-state index is 0.187. The molecule has 232 valence electrons. The fraction of sp³-hybridized carbons (Fsp3) is 0.316. The maximum absolute atomic E-state index is 13.3. The van der Waals surface area contributed by atoms with E-state index >= 15 is 0 Å². The number of hydroxylamine groups is 1. The Kier molecular flexibility index (Phi) is 11.2. The fourth-order valence-corrected chi connectivity index (χ4v) is 4.98. The number of nitrogens with two attached hydrogens (primary N) is 1. The molecule has 0 atom stereocenters. The summed E-state index contributed by atoms with van der Waals surface area (Å²) in [7, 11) is 2.03. The minimum Gasteiger partial charge on any atom is -0.400 e. The summed E-state index contributed by atoms with van der Waals surface area (Å²) in [5.74, 6) is 0.232. The van der Waals surface area contributed by atoms with Crippen LogP contribution in [0.5, 0.6) is 0 Å². The zero-order chi connectivity index (χ0) is 31.7. The van der Waals surface area contributed by atoms with Gasteiger partial charge >= 0.3 is 0 Å². The van der Waals surface area contributed by atoms with Crippen LogP contribution in [0.15, 0.2) is 115 Å². The minimum atomic E-state index is -0.238. The van der Waals surface area contributed by atoms with Crippen molar-refractivity contribution >= 4 is 17.0 Å². The molecule has 2 aliphatic rings. The molecule has 0 bridgehead atoms. The number of anilines is 1. The summed E-state index contributed by atoms with van der Waals surface area (Å²) in [4.78, 5) is 7.82. The lowest BCUT2D eigenvalue weighted by Crippen LogP contribution is -2.39. The highest BCUT2D eigenvalue weighted by molar-refractivity contribution is 5.73. The van der Waals surface area contributed by atoms with Crippen molar-refractivity contribution in [1.29, 1.82) is 0 Å².